The molecule has 2 aromatic rings. The zero-order valence-electron chi connectivity index (χ0n) is 15.3. The molecule has 0 radical (unpaired) electrons. The molecule has 0 saturated heterocycles. The van der Waals surface area contributed by atoms with Crippen molar-refractivity contribution >= 4 is 11.7 Å². The molecule has 1 heterocycles. The highest BCUT2D eigenvalue weighted by molar-refractivity contribution is 6.01. The van der Waals surface area contributed by atoms with Gasteiger partial charge in [-0.05, 0) is 25.0 Å². The topological polar surface area (TPSA) is 53.9 Å². The number of hydrogen-bond donors (Lipinski definition) is 1. The van der Waals surface area contributed by atoms with Crippen molar-refractivity contribution in [2.24, 2.45) is 5.16 Å². The summed E-state index contributed by atoms with van der Waals surface area (Å²) >= 11 is 0. The third kappa shape index (κ3) is 4.63. The first-order chi connectivity index (χ1) is 12.7. The third-order valence-corrected chi connectivity index (χ3v) is 4.37. The van der Waals surface area contributed by atoms with Gasteiger partial charge in [0.05, 0.1) is 12.3 Å². The minimum atomic E-state index is -0.127. The van der Waals surface area contributed by atoms with Crippen LogP contribution >= 0.6 is 0 Å². The molecule has 0 fully saturated rings. The number of benzene rings is 2. The number of nitrogens with one attached hydrogen (secondary N) is 1. The molecule has 2 aromatic carbocycles. The van der Waals surface area contributed by atoms with Gasteiger partial charge in [-0.25, -0.2) is 4.79 Å². The Morgan fingerprint density at radius 3 is 2.62 bits per heavy atom. The number of carbonyl (C=O) groups is 1. The molecule has 136 valence electrons. The van der Waals surface area contributed by atoms with Crippen molar-refractivity contribution in [3.63, 3.8) is 0 Å². The minimum Gasteiger partial charge on any atom is -0.390 e. The number of urea groups is 1. The first-order valence-corrected chi connectivity index (χ1v) is 9.02. The molecule has 5 heteroatoms. The van der Waals surface area contributed by atoms with Crippen molar-refractivity contribution in [1.29, 1.82) is 0 Å². The fraction of sp³-hybridized carbons (Fsp3) is 0.333. The zero-order valence-corrected chi connectivity index (χ0v) is 15.3. The number of hydrogen-bond acceptors (Lipinski definition) is 3. The molecule has 0 unspecified atom stereocenters. The Kier molecular flexibility index (Phi) is 5.89. The molecule has 0 aliphatic carbocycles. The van der Waals surface area contributed by atoms with Crippen LogP contribution in [-0.2, 0) is 11.4 Å². The van der Waals surface area contributed by atoms with Crippen LogP contribution < -0.4 is 5.32 Å². The van der Waals surface area contributed by atoms with Crippen LogP contribution in [0.3, 0.4) is 0 Å². The maximum Gasteiger partial charge on any atom is 0.317 e. The molecule has 5 nitrogen and oxygen atoms in total. The summed E-state index contributed by atoms with van der Waals surface area (Å²) in [5.74, 6) is 0. The Hall–Kier alpha value is -2.82. The number of rotatable bonds is 6. The molecule has 1 atom stereocenters. The highest BCUT2D eigenvalue weighted by atomic mass is 16.6. The van der Waals surface area contributed by atoms with Gasteiger partial charge in [0.1, 0.15) is 0 Å². The predicted octanol–water partition coefficient (Wildman–Crippen LogP) is 3.72. The van der Waals surface area contributed by atoms with Crippen LogP contribution in [0.1, 0.15) is 30.0 Å². The van der Waals surface area contributed by atoms with Crippen LogP contribution in [0, 0.1) is 6.92 Å². The van der Waals surface area contributed by atoms with E-state index in [0.29, 0.717) is 26.1 Å². The van der Waals surface area contributed by atoms with Crippen LogP contribution in [0.4, 0.5) is 4.79 Å². The van der Waals surface area contributed by atoms with Gasteiger partial charge in [-0.1, -0.05) is 65.3 Å². The second-order valence-corrected chi connectivity index (χ2v) is 6.54. The summed E-state index contributed by atoms with van der Waals surface area (Å²) in [6.07, 6.45) is 0.575. The number of oxime groups is 1. The van der Waals surface area contributed by atoms with E-state index < -0.39 is 0 Å². The summed E-state index contributed by atoms with van der Waals surface area (Å²) in [5.41, 5.74) is 4.32. The fourth-order valence-electron chi connectivity index (χ4n) is 2.97. The largest absolute Gasteiger partial charge is 0.390 e. The Morgan fingerprint density at radius 1 is 1.19 bits per heavy atom. The molecule has 1 aliphatic heterocycles. The van der Waals surface area contributed by atoms with Crippen molar-refractivity contribution < 1.29 is 9.63 Å². The molecule has 1 N–H and O–H groups in total. The Bertz CT molecular complexity index is 757. The molecule has 0 bridgehead atoms. The number of nitrogens with zero attached hydrogens (tertiary/aromatic N) is 2. The van der Waals surface area contributed by atoms with E-state index in [4.69, 9.17) is 4.84 Å². The van der Waals surface area contributed by atoms with Gasteiger partial charge in [0.2, 0.25) is 0 Å². The van der Waals surface area contributed by atoms with Gasteiger partial charge >= 0.3 is 6.03 Å². The van der Waals surface area contributed by atoms with Gasteiger partial charge in [0, 0.05) is 19.5 Å². The lowest BCUT2D eigenvalue weighted by atomic mass is 10.0. The second-order valence-electron chi connectivity index (χ2n) is 6.54. The Morgan fingerprint density at radius 2 is 1.92 bits per heavy atom. The average Bonchev–Trinajstić information content (AvgIpc) is 3.11. The standard InChI is InChI=1S/C21H25N3O2/c1-3-22-21(25)24(14-17-7-5-4-6-8-17)15-19-13-20(23-26-19)18-11-9-16(2)10-12-18/h4-12,19H,3,13-15H2,1-2H3,(H,22,25)/t19-/m0/s1. The molecule has 26 heavy (non-hydrogen) atoms. The van der Waals surface area contributed by atoms with Crippen molar-refractivity contribution in [1.82, 2.24) is 10.2 Å². The lowest BCUT2D eigenvalue weighted by molar-refractivity contribution is 0.0590. The maximum absolute atomic E-state index is 12.4. The summed E-state index contributed by atoms with van der Waals surface area (Å²) in [7, 11) is 0. The van der Waals surface area contributed by atoms with E-state index >= 15 is 0 Å². The van der Waals surface area contributed by atoms with Gasteiger partial charge in [0.25, 0.3) is 0 Å². The fourth-order valence-corrected chi connectivity index (χ4v) is 2.97. The number of aryl methyl sites for hydroxylation is 1. The number of carbonyl (C=O) groups excluding carboxylic acids is 1. The van der Waals surface area contributed by atoms with E-state index in [9.17, 15) is 4.79 Å². The van der Waals surface area contributed by atoms with E-state index in [0.717, 1.165) is 16.8 Å². The summed E-state index contributed by atoms with van der Waals surface area (Å²) in [5, 5.41) is 7.12. The van der Waals surface area contributed by atoms with Gasteiger partial charge in [-0.15, -0.1) is 0 Å². The third-order valence-electron chi connectivity index (χ3n) is 4.37. The maximum atomic E-state index is 12.4. The van der Waals surface area contributed by atoms with Crippen LogP contribution in [0.15, 0.2) is 59.8 Å². The zero-order chi connectivity index (χ0) is 18.4. The van der Waals surface area contributed by atoms with E-state index in [1.54, 1.807) is 4.90 Å². The lowest BCUT2D eigenvalue weighted by Gasteiger charge is -2.25. The average molecular weight is 351 g/mol. The van der Waals surface area contributed by atoms with Gasteiger partial charge in [0.15, 0.2) is 6.10 Å². The molecule has 0 spiro atoms. The predicted molar refractivity (Wildman–Crippen MR) is 103 cm³/mol. The smallest absolute Gasteiger partial charge is 0.317 e. The molecule has 0 saturated carbocycles. The van der Waals surface area contributed by atoms with Crippen molar-refractivity contribution in [2.75, 3.05) is 13.1 Å². The van der Waals surface area contributed by atoms with E-state index in [1.165, 1.54) is 5.56 Å². The summed E-state index contributed by atoms with van der Waals surface area (Å²) < 4.78 is 0. The highest BCUT2D eigenvalue weighted by Gasteiger charge is 2.26. The van der Waals surface area contributed by atoms with Crippen molar-refractivity contribution in [3.8, 4) is 0 Å². The van der Waals surface area contributed by atoms with Gasteiger partial charge < -0.3 is 15.1 Å². The normalized spacial score (nSPS) is 15.9. The number of amides is 2. The van der Waals surface area contributed by atoms with Crippen molar-refractivity contribution in [2.45, 2.75) is 32.9 Å². The van der Waals surface area contributed by atoms with Gasteiger partial charge in [-0.3, -0.25) is 0 Å². The lowest BCUT2D eigenvalue weighted by Crippen LogP contribution is -2.43. The van der Waals surface area contributed by atoms with E-state index in [-0.39, 0.29) is 12.1 Å². The van der Waals surface area contributed by atoms with E-state index in [1.807, 2.05) is 37.3 Å². The summed E-state index contributed by atoms with van der Waals surface area (Å²) in [4.78, 5) is 19.8. The van der Waals surface area contributed by atoms with Crippen LogP contribution in [0.25, 0.3) is 0 Å². The molecule has 0 aromatic heterocycles. The molecular formula is C21H25N3O2. The first kappa shape index (κ1) is 18.0. The highest BCUT2D eigenvalue weighted by Crippen LogP contribution is 2.19. The first-order valence-electron chi connectivity index (χ1n) is 9.02. The SMILES string of the molecule is CCNC(=O)N(Cc1ccccc1)C[C@@H]1CC(c2ccc(C)cc2)=NO1. The molecular weight excluding hydrogens is 326 g/mol. The quantitative estimate of drug-likeness (QED) is 0.862. The Balaban J connectivity index is 1.64. The van der Waals surface area contributed by atoms with Crippen LogP contribution in [0.5, 0.6) is 0 Å². The van der Waals surface area contributed by atoms with Crippen molar-refractivity contribution in [3.05, 3.63) is 71.3 Å². The molecule has 3 rings (SSSR count). The molecule has 1 aliphatic rings. The van der Waals surface area contributed by atoms with Crippen LogP contribution in [0.2, 0.25) is 0 Å². The second kappa shape index (κ2) is 8.52. The van der Waals surface area contributed by atoms with Gasteiger partial charge in [-0.2, -0.15) is 0 Å². The molecule has 2 amide bonds. The summed E-state index contributed by atoms with van der Waals surface area (Å²) in [6.45, 7) is 5.63. The van der Waals surface area contributed by atoms with E-state index in [2.05, 4.69) is 41.7 Å². The monoisotopic (exact) mass is 351 g/mol. The minimum absolute atomic E-state index is 0.0799. The Labute approximate surface area is 154 Å². The summed E-state index contributed by atoms with van der Waals surface area (Å²) in [6, 6.07) is 18.2. The van der Waals surface area contributed by atoms with Crippen LogP contribution in [-0.4, -0.2) is 35.8 Å².